The molecule has 33 heavy (non-hydrogen) atoms. The first-order chi connectivity index (χ1) is 16.0. The zero-order valence-electron chi connectivity index (χ0n) is 17.3. The number of phenols is 1. The van der Waals surface area contributed by atoms with E-state index in [1.165, 1.54) is 6.07 Å². The summed E-state index contributed by atoms with van der Waals surface area (Å²) in [7, 11) is 0. The third kappa shape index (κ3) is 5.26. The number of nitrogens with one attached hydrogen (secondary N) is 4. The van der Waals surface area contributed by atoms with Gasteiger partial charge in [-0.05, 0) is 53.2 Å². The molecular weight excluding hydrogens is 420 g/mol. The number of amides is 4. The number of carbonyl (C=O) groups is 3. The molecule has 0 saturated carbocycles. The van der Waals surface area contributed by atoms with Crippen molar-refractivity contribution in [3.8, 4) is 5.75 Å². The largest absolute Gasteiger partial charge is 0.507 e. The number of carbonyl (C=O) groups excluding carboxylic acids is 3. The van der Waals surface area contributed by atoms with Crippen LogP contribution in [0.2, 0.25) is 0 Å². The molecule has 0 spiro atoms. The molecule has 0 atom stereocenters. The van der Waals surface area contributed by atoms with Gasteiger partial charge in [-0.1, -0.05) is 48.5 Å². The van der Waals surface area contributed by atoms with E-state index in [1.54, 1.807) is 54.6 Å². The van der Waals surface area contributed by atoms with Gasteiger partial charge in [-0.15, -0.1) is 0 Å². The van der Waals surface area contributed by atoms with Gasteiger partial charge in [0.15, 0.2) is 0 Å². The highest BCUT2D eigenvalue weighted by atomic mass is 16.3. The number of hydrogen-bond acceptors (Lipinski definition) is 4. The first-order valence-electron chi connectivity index (χ1n) is 10.1. The smallest absolute Gasteiger partial charge is 0.337 e. The number of hydrazine groups is 1. The highest BCUT2D eigenvalue weighted by molar-refractivity contribution is 6.05. The average Bonchev–Trinajstić information content (AvgIpc) is 2.83. The van der Waals surface area contributed by atoms with Crippen LogP contribution in [0.4, 0.5) is 16.2 Å². The number of urea groups is 1. The Morgan fingerprint density at radius 1 is 0.606 bits per heavy atom. The highest BCUT2D eigenvalue weighted by Crippen LogP contribution is 2.24. The number of rotatable bonds is 4. The van der Waals surface area contributed by atoms with Crippen molar-refractivity contribution in [2.45, 2.75) is 0 Å². The normalized spacial score (nSPS) is 10.3. The van der Waals surface area contributed by atoms with E-state index in [4.69, 9.17) is 0 Å². The molecule has 0 aliphatic carbocycles. The standard InChI is InChI=1S/C25H20N4O4/c30-22-14-18-10-5-4-9-17(18)13-21(22)24(32)28-29-25(33)27-20-12-6-11-19(15-20)26-23(31)16-7-2-1-3-8-16/h1-15,30H,(H,26,31)(H,28,32)(H2,27,29,33). The van der Waals surface area contributed by atoms with Gasteiger partial charge < -0.3 is 15.7 Å². The number of anilines is 2. The predicted molar refractivity (Wildman–Crippen MR) is 126 cm³/mol. The molecule has 5 N–H and O–H groups in total. The summed E-state index contributed by atoms with van der Waals surface area (Å²) < 4.78 is 0. The maximum atomic E-state index is 12.4. The summed E-state index contributed by atoms with van der Waals surface area (Å²) in [5, 5.41) is 17.0. The maximum absolute atomic E-state index is 12.4. The summed E-state index contributed by atoms with van der Waals surface area (Å²) in [6.45, 7) is 0. The van der Waals surface area contributed by atoms with Crippen LogP contribution in [0.1, 0.15) is 20.7 Å². The van der Waals surface area contributed by atoms with Crippen LogP contribution in [0.3, 0.4) is 0 Å². The van der Waals surface area contributed by atoms with Crippen LogP contribution < -0.4 is 21.5 Å². The Labute approximate surface area is 189 Å². The quantitative estimate of drug-likeness (QED) is 0.305. The minimum Gasteiger partial charge on any atom is -0.507 e. The van der Waals surface area contributed by atoms with Gasteiger partial charge in [-0.2, -0.15) is 0 Å². The van der Waals surface area contributed by atoms with Crippen LogP contribution in [0.5, 0.6) is 5.75 Å². The van der Waals surface area contributed by atoms with E-state index in [1.807, 2.05) is 30.3 Å². The lowest BCUT2D eigenvalue weighted by molar-refractivity contribution is 0.0934. The number of benzene rings is 4. The maximum Gasteiger partial charge on any atom is 0.337 e. The molecule has 4 aromatic carbocycles. The van der Waals surface area contributed by atoms with Crippen LogP contribution in [0.25, 0.3) is 10.8 Å². The van der Waals surface area contributed by atoms with Crippen molar-refractivity contribution in [1.29, 1.82) is 0 Å². The van der Waals surface area contributed by atoms with Crippen LogP contribution in [-0.2, 0) is 0 Å². The first-order valence-corrected chi connectivity index (χ1v) is 10.1. The second kappa shape index (κ2) is 9.52. The fourth-order valence-corrected chi connectivity index (χ4v) is 3.22. The second-order valence-corrected chi connectivity index (χ2v) is 7.15. The molecule has 0 fully saturated rings. The average molecular weight is 440 g/mol. The topological polar surface area (TPSA) is 120 Å². The SMILES string of the molecule is O=C(NNC(=O)c1cc2ccccc2cc1O)Nc1cccc(NC(=O)c2ccccc2)c1. The van der Waals surface area contributed by atoms with E-state index in [9.17, 15) is 19.5 Å². The van der Waals surface area contributed by atoms with Crippen molar-refractivity contribution in [2.24, 2.45) is 0 Å². The van der Waals surface area contributed by atoms with Gasteiger partial charge in [0, 0.05) is 16.9 Å². The van der Waals surface area contributed by atoms with Gasteiger partial charge in [0.2, 0.25) is 0 Å². The Bertz CT molecular complexity index is 1340. The summed E-state index contributed by atoms with van der Waals surface area (Å²) in [5.74, 6) is -1.15. The molecule has 0 heterocycles. The van der Waals surface area contributed by atoms with E-state index >= 15 is 0 Å². The van der Waals surface area contributed by atoms with Crippen molar-refractivity contribution < 1.29 is 19.5 Å². The Morgan fingerprint density at radius 3 is 1.97 bits per heavy atom. The predicted octanol–water partition coefficient (Wildman–Crippen LogP) is 4.26. The lowest BCUT2D eigenvalue weighted by Crippen LogP contribution is -2.43. The third-order valence-electron chi connectivity index (χ3n) is 4.81. The molecule has 4 aromatic rings. The lowest BCUT2D eigenvalue weighted by Gasteiger charge is -2.12. The number of hydrogen-bond donors (Lipinski definition) is 5. The molecule has 0 saturated heterocycles. The summed E-state index contributed by atoms with van der Waals surface area (Å²) in [6, 6.07) is 24.9. The van der Waals surface area contributed by atoms with E-state index < -0.39 is 11.9 Å². The van der Waals surface area contributed by atoms with Crippen molar-refractivity contribution >= 4 is 40.0 Å². The summed E-state index contributed by atoms with van der Waals surface area (Å²) >= 11 is 0. The summed E-state index contributed by atoms with van der Waals surface area (Å²) in [5.41, 5.74) is 5.94. The lowest BCUT2D eigenvalue weighted by atomic mass is 10.1. The first kappa shape index (κ1) is 21.4. The minimum absolute atomic E-state index is 0.0274. The van der Waals surface area contributed by atoms with E-state index in [0.29, 0.717) is 16.9 Å². The van der Waals surface area contributed by atoms with Crippen LogP contribution in [-0.4, -0.2) is 23.0 Å². The Morgan fingerprint density at radius 2 is 1.24 bits per heavy atom. The Balaban J connectivity index is 1.35. The van der Waals surface area contributed by atoms with Gasteiger partial charge in [-0.25, -0.2) is 10.2 Å². The minimum atomic E-state index is -0.699. The van der Waals surface area contributed by atoms with Crippen molar-refractivity contribution in [3.63, 3.8) is 0 Å². The molecule has 4 amide bonds. The van der Waals surface area contributed by atoms with Crippen molar-refractivity contribution in [1.82, 2.24) is 10.9 Å². The molecule has 0 bridgehead atoms. The van der Waals surface area contributed by atoms with Gasteiger partial charge in [0.1, 0.15) is 5.75 Å². The third-order valence-corrected chi connectivity index (χ3v) is 4.81. The zero-order valence-corrected chi connectivity index (χ0v) is 17.3. The number of aromatic hydroxyl groups is 1. The van der Waals surface area contributed by atoms with Crippen molar-refractivity contribution in [3.05, 3.63) is 102 Å². The van der Waals surface area contributed by atoms with Crippen LogP contribution >= 0.6 is 0 Å². The molecule has 8 nitrogen and oxygen atoms in total. The fraction of sp³-hybridized carbons (Fsp3) is 0. The second-order valence-electron chi connectivity index (χ2n) is 7.15. The Kier molecular flexibility index (Phi) is 6.17. The number of phenolic OH excluding ortho intramolecular Hbond substituents is 1. The fourth-order valence-electron chi connectivity index (χ4n) is 3.22. The van der Waals surface area contributed by atoms with Gasteiger partial charge in [-0.3, -0.25) is 15.0 Å². The van der Waals surface area contributed by atoms with Gasteiger partial charge in [0.05, 0.1) is 5.56 Å². The van der Waals surface area contributed by atoms with Gasteiger partial charge in [0.25, 0.3) is 11.8 Å². The van der Waals surface area contributed by atoms with Crippen LogP contribution in [0, 0.1) is 0 Å². The van der Waals surface area contributed by atoms with Crippen LogP contribution in [0.15, 0.2) is 91.0 Å². The number of fused-ring (bicyclic) bond motifs is 1. The molecule has 0 aromatic heterocycles. The van der Waals surface area contributed by atoms with E-state index in [-0.39, 0.29) is 17.2 Å². The van der Waals surface area contributed by atoms with Gasteiger partial charge >= 0.3 is 6.03 Å². The molecule has 4 rings (SSSR count). The van der Waals surface area contributed by atoms with E-state index in [0.717, 1.165) is 10.8 Å². The molecular formula is C25H20N4O4. The summed E-state index contributed by atoms with van der Waals surface area (Å²) in [6.07, 6.45) is 0. The van der Waals surface area contributed by atoms with Crippen molar-refractivity contribution in [2.75, 3.05) is 10.6 Å². The Hall–Kier alpha value is -4.85. The molecule has 0 unspecified atom stereocenters. The highest BCUT2D eigenvalue weighted by Gasteiger charge is 2.13. The molecule has 164 valence electrons. The molecule has 0 radical (unpaired) electrons. The zero-order chi connectivity index (χ0) is 23.2. The molecule has 8 heteroatoms. The van der Waals surface area contributed by atoms with E-state index in [2.05, 4.69) is 21.5 Å². The monoisotopic (exact) mass is 440 g/mol. The molecule has 0 aliphatic heterocycles. The summed E-state index contributed by atoms with van der Waals surface area (Å²) in [4.78, 5) is 36.9. The molecule has 0 aliphatic rings.